The number of nitrogens with one attached hydrogen (secondary N) is 1. The van der Waals surface area contributed by atoms with E-state index in [2.05, 4.69) is 5.32 Å². The van der Waals surface area contributed by atoms with E-state index in [1.807, 2.05) is 6.92 Å². The van der Waals surface area contributed by atoms with Crippen LogP contribution in [-0.2, 0) is 4.79 Å². The van der Waals surface area contributed by atoms with E-state index in [-0.39, 0.29) is 11.9 Å². The first kappa shape index (κ1) is 11.9. The molecule has 0 heterocycles. The molecule has 2 bridgehead atoms. The van der Waals surface area contributed by atoms with E-state index >= 15 is 0 Å². The predicted molar refractivity (Wildman–Crippen MR) is 64.8 cm³/mol. The van der Waals surface area contributed by atoms with Crippen LogP contribution in [-0.4, -0.2) is 18.5 Å². The molecule has 0 radical (unpaired) electrons. The smallest absolute Gasteiger partial charge is 0.220 e. The fourth-order valence-corrected chi connectivity index (χ4v) is 3.32. The highest BCUT2D eigenvalue weighted by molar-refractivity contribution is 5.75. The maximum Gasteiger partial charge on any atom is 0.220 e. The van der Waals surface area contributed by atoms with Crippen molar-refractivity contribution < 1.29 is 4.79 Å². The van der Waals surface area contributed by atoms with Gasteiger partial charge in [0, 0.05) is 19.0 Å². The van der Waals surface area contributed by atoms with Crippen molar-refractivity contribution in [2.45, 2.75) is 51.5 Å². The van der Waals surface area contributed by atoms with E-state index in [1.165, 1.54) is 25.7 Å². The molecule has 2 aliphatic rings. The quantitative estimate of drug-likeness (QED) is 0.746. The Balaban J connectivity index is 1.62. The van der Waals surface area contributed by atoms with E-state index in [9.17, 15) is 4.79 Å². The SMILES string of the molecule is CC(N)CCC(=O)NCC1CC2CCC1C2. The Morgan fingerprint density at radius 2 is 2.25 bits per heavy atom. The average Bonchev–Trinajstić information content (AvgIpc) is 2.84. The Kier molecular flexibility index (Phi) is 3.85. The van der Waals surface area contributed by atoms with Gasteiger partial charge in [-0.05, 0) is 50.4 Å². The molecule has 2 aliphatic carbocycles. The summed E-state index contributed by atoms with van der Waals surface area (Å²) in [6.07, 6.45) is 6.96. The second-order valence-corrected chi connectivity index (χ2v) is 5.75. The van der Waals surface area contributed by atoms with Gasteiger partial charge >= 0.3 is 0 Å². The van der Waals surface area contributed by atoms with Gasteiger partial charge < -0.3 is 11.1 Å². The van der Waals surface area contributed by atoms with Crippen molar-refractivity contribution in [1.29, 1.82) is 0 Å². The number of fused-ring (bicyclic) bond motifs is 2. The fourth-order valence-electron chi connectivity index (χ4n) is 3.32. The summed E-state index contributed by atoms with van der Waals surface area (Å²) in [4.78, 5) is 11.5. The van der Waals surface area contributed by atoms with Gasteiger partial charge in [0.2, 0.25) is 5.91 Å². The summed E-state index contributed by atoms with van der Waals surface area (Å²) in [6, 6.07) is 0.133. The summed E-state index contributed by atoms with van der Waals surface area (Å²) in [5.74, 6) is 2.81. The summed E-state index contributed by atoms with van der Waals surface area (Å²) < 4.78 is 0. The lowest BCUT2D eigenvalue weighted by Gasteiger charge is -2.21. The summed E-state index contributed by atoms with van der Waals surface area (Å²) >= 11 is 0. The van der Waals surface area contributed by atoms with Gasteiger partial charge in [-0.15, -0.1) is 0 Å². The monoisotopic (exact) mass is 224 g/mol. The van der Waals surface area contributed by atoms with Gasteiger partial charge in [0.1, 0.15) is 0 Å². The topological polar surface area (TPSA) is 55.1 Å². The normalized spacial score (nSPS) is 34.0. The summed E-state index contributed by atoms with van der Waals surface area (Å²) in [5.41, 5.74) is 5.63. The van der Waals surface area contributed by atoms with E-state index in [1.54, 1.807) is 0 Å². The van der Waals surface area contributed by atoms with Gasteiger partial charge in [-0.3, -0.25) is 4.79 Å². The number of carbonyl (C=O) groups excluding carboxylic acids is 1. The standard InChI is InChI=1S/C13H24N2O/c1-9(14)2-5-13(16)15-8-12-7-10-3-4-11(12)6-10/h9-12H,2-8,14H2,1H3,(H,15,16). The molecule has 0 aromatic carbocycles. The van der Waals surface area contributed by atoms with Crippen LogP contribution in [0, 0.1) is 17.8 Å². The number of hydrogen-bond donors (Lipinski definition) is 2. The molecule has 0 spiro atoms. The first-order valence-corrected chi connectivity index (χ1v) is 6.67. The minimum atomic E-state index is 0.133. The molecule has 3 N–H and O–H groups in total. The second-order valence-electron chi connectivity index (χ2n) is 5.75. The number of carbonyl (C=O) groups is 1. The van der Waals surface area contributed by atoms with Crippen molar-refractivity contribution in [2.24, 2.45) is 23.5 Å². The Morgan fingerprint density at radius 1 is 1.44 bits per heavy atom. The molecule has 0 aliphatic heterocycles. The molecular weight excluding hydrogens is 200 g/mol. The molecule has 0 saturated heterocycles. The number of amides is 1. The first-order chi connectivity index (χ1) is 7.65. The van der Waals surface area contributed by atoms with Crippen molar-refractivity contribution >= 4 is 5.91 Å². The van der Waals surface area contributed by atoms with Crippen molar-refractivity contribution in [1.82, 2.24) is 5.32 Å². The maximum atomic E-state index is 11.5. The molecule has 2 fully saturated rings. The lowest BCUT2D eigenvalue weighted by molar-refractivity contribution is -0.121. The van der Waals surface area contributed by atoms with E-state index in [4.69, 9.17) is 5.73 Å². The molecule has 4 atom stereocenters. The molecule has 2 saturated carbocycles. The van der Waals surface area contributed by atoms with Crippen LogP contribution in [0.1, 0.15) is 45.4 Å². The van der Waals surface area contributed by atoms with Crippen LogP contribution >= 0.6 is 0 Å². The molecule has 0 aromatic rings. The van der Waals surface area contributed by atoms with Crippen LogP contribution in [0.15, 0.2) is 0 Å². The molecule has 4 unspecified atom stereocenters. The highest BCUT2D eigenvalue weighted by Crippen LogP contribution is 2.47. The van der Waals surface area contributed by atoms with Gasteiger partial charge in [0.15, 0.2) is 0 Å². The van der Waals surface area contributed by atoms with Crippen LogP contribution in [0.25, 0.3) is 0 Å². The number of nitrogens with two attached hydrogens (primary N) is 1. The zero-order valence-electron chi connectivity index (χ0n) is 10.2. The Morgan fingerprint density at radius 3 is 2.81 bits per heavy atom. The third-order valence-corrected chi connectivity index (χ3v) is 4.27. The van der Waals surface area contributed by atoms with Crippen molar-refractivity contribution in [2.75, 3.05) is 6.54 Å². The third kappa shape index (κ3) is 2.97. The van der Waals surface area contributed by atoms with Crippen LogP contribution < -0.4 is 11.1 Å². The molecule has 0 aromatic heterocycles. The number of rotatable bonds is 5. The van der Waals surface area contributed by atoms with Gasteiger partial charge in [0.05, 0.1) is 0 Å². The van der Waals surface area contributed by atoms with Crippen LogP contribution in [0.5, 0.6) is 0 Å². The molecule has 3 nitrogen and oxygen atoms in total. The molecule has 3 heteroatoms. The predicted octanol–water partition coefficient (Wildman–Crippen LogP) is 1.67. The van der Waals surface area contributed by atoms with E-state index in [0.717, 1.165) is 30.7 Å². The first-order valence-electron chi connectivity index (χ1n) is 6.67. The molecule has 1 amide bonds. The van der Waals surface area contributed by atoms with E-state index in [0.29, 0.717) is 6.42 Å². The zero-order chi connectivity index (χ0) is 11.5. The minimum Gasteiger partial charge on any atom is -0.356 e. The largest absolute Gasteiger partial charge is 0.356 e. The molecular formula is C13H24N2O. The minimum absolute atomic E-state index is 0.133. The summed E-state index contributed by atoms with van der Waals surface area (Å²) in [7, 11) is 0. The Labute approximate surface area is 98.2 Å². The van der Waals surface area contributed by atoms with Crippen molar-refractivity contribution in [3.05, 3.63) is 0 Å². The lowest BCUT2D eigenvalue weighted by atomic mass is 9.89. The summed E-state index contributed by atoms with van der Waals surface area (Å²) in [5, 5.41) is 3.07. The highest BCUT2D eigenvalue weighted by Gasteiger charge is 2.39. The van der Waals surface area contributed by atoms with Crippen LogP contribution in [0.3, 0.4) is 0 Å². The fraction of sp³-hybridized carbons (Fsp3) is 0.923. The number of hydrogen-bond acceptors (Lipinski definition) is 2. The molecule has 2 rings (SSSR count). The van der Waals surface area contributed by atoms with Crippen molar-refractivity contribution in [3.8, 4) is 0 Å². The Bertz CT molecular complexity index is 252. The lowest BCUT2D eigenvalue weighted by Crippen LogP contribution is -2.32. The van der Waals surface area contributed by atoms with Crippen LogP contribution in [0.2, 0.25) is 0 Å². The van der Waals surface area contributed by atoms with Gasteiger partial charge in [-0.2, -0.15) is 0 Å². The molecule has 16 heavy (non-hydrogen) atoms. The van der Waals surface area contributed by atoms with Crippen LogP contribution in [0.4, 0.5) is 0 Å². The maximum absolute atomic E-state index is 11.5. The van der Waals surface area contributed by atoms with Gasteiger partial charge in [-0.25, -0.2) is 0 Å². The van der Waals surface area contributed by atoms with Gasteiger partial charge in [0.25, 0.3) is 0 Å². The summed E-state index contributed by atoms with van der Waals surface area (Å²) in [6.45, 7) is 2.85. The third-order valence-electron chi connectivity index (χ3n) is 4.27. The van der Waals surface area contributed by atoms with Gasteiger partial charge in [-0.1, -0.05) is 6.42 Å². The van der Waals surface area contributed by atoms with Crippen molar-refractivity contribution in [3.63, 3.8) is 0 Å². The second kappa shape index (κ2) is 5.17. The zero-order valence-corrected chi connectivity index (χ0v) is 10.2. The highest BCUT2D eigenvalue weighted by atomic mass is 16.1. The Hall–Kier alpha value is -0.570. The molecule has 92 valence electrons. The average molecular weight is 224 g/mol. The van der Waals surface area contributed by atoms with E-state index < -0.39 is 0 Å².